The Morgan fingerprint density at radius 3 is 2.16 bits per heavy atom. The van der Waals surface area contributed by atoms with Crippen LogP contribution in [0.5, 0.6) is 0 Å². The van der Waals surface area contributed by atoms with Crippen LogP contribution < -0.4 is 0 Å². The van der Waals surface area contributed by atoms with Gasteiger partial charge < -0.3 is 9.47 Å². The van der Waals surface area contributed by atoms with E-state index < -0.39 is 42.5 Å². The summed E-state index contributed by atoms with van der Waals surface area (Å²) in [6.45, 7) is 1.47. The van der Waals surface area contributed by atoms with Crippen molar-refractivity contribution in [3.63, 3.8) is 0 Å². The van der Waals surface area contributed by atoms with Gasteiger partial charge >= 0.3 is 18.1 Å². The lowest BCUT2D eigenvalue weighted by Crippen LogP contribution is -2.28. The molecule has 114 valence electrons. The number of halogens is 3. The molecule has 1 rings (SSSR count). The minimum absolute atomic E-state index is 0. The Kier molecular flexibility index (Phi) is 7.95. The van der Waals surface area contributed by atoms with E-state index in [-0.39, 0.29) is 21.5 Å². The summed E-state index contributed by atoms with van der Waals surface area (Å²) >= 11 is 0. The highest BCUT2D eigenvalue weighted by molar-refractivity contribution is 5.96. The molecule has 1 heterocycles. The summed E-state index contributed by atoms with van der Waals surface area (Å²) in [5, 5.41) is 0. The fourth-order valence-corrected chi connectivity index (χ4v) is 1.80. The molecule has 4 nitrogen and oxygen atoms in total. The molecule has 7 heteroatoms. The van der Waals surface area contributed by atoms with Gasteiger partial charge in [0.2, 0.25) is 0 Å². The lowest BCUT2D eigenvalue weighted by molar-refractivity contribution is -0.177. The molecule has 0 spiro atoms. The molecular formula is C12H21F3O4. The van der Waals surface area contributed by atoms with Gasteiger partial charge in [0, 0.05) is 0 Å². The number of hydrogen-bond donors (Lipinski definition) is 0. The van der Waals surface area contributed by atoms with Crippen molar-refractivity contribution >= 4 is 11.9 Å². The van der Waals surface area contributed by atoms with E-state index in [1.807, 2.05) is 0 Å². The SMILES string of the molecule is C.C.CC(COCC(F)(F)F)C1C(=O)OC(=O)C1C. The molecule has 0 aromatic carbocycles. The Labute approximate surface area is 111 Å². The summed E-state index contributed by atoms with van der Waals surface area (Å²) in [6.07, 6.45) is -4.39. The van der Waals surface area contributed by atoms with Crippen LogP contribution in [0.15, 0.2) is 0 Å². The van der Waals surface area contributed by atoms with Gasteiger partial charge in [-0.15, -0.1) is 0 Å². The van der Waals surface area contributed by atoms with Crippen LogP contribution in [0.2, 0.25) is 0 Å². The van der Waals surface area contributed by atoms with Crippen LogP contribution >= 0.6 is 0 Å². The van der Waals surface area contributed by atoms with Gasteiger partial charge in [0.1, 0.15) is 6.61 Å². The normalized spacial score (nSPS) is 24.3. The van der Waals surface area contributed by atoms with E-state index in [1.165, 1.54) is 6.92 Å². The minimum Gasteiger partial charge on any atom is -0.393 e. The molecule has 1 fully saturated rings. The summed E-state index contributed by atoms with van der Waals surface area (Å²) in [7, 11) is 0. The molecule has 0 aromatic rings. The van der Waals surface area contributed by atoms with Crippen molar-refractivity contribution in [3.8, 4) is 0 Å². The molecule has 0 aliphatic carbocycles. The van der Waals surface area contributed by atoms with E-state index >= 15 is 0 Å². The highest BCUT2D eigenvalue weighted by Gasteiger charge is 2.44. The lowest BCUT2D eigenvalue weighted by Gasteiger charge is -2.18. The van der Waals surface area contributed by atoms with Gasteiger partial charge in [-0.3, -0.25) is 9.59 Å². The van der Waals surface area contributed by atoms with E-state index in [4.69, 9.17) is 0 Å². The van der Waals surface area contributed by atoms with Gasteiger partial charge in [-0.05, 0) is 5.92 Å². The number of alkyl halides is 3. The van der Waals surface area contributed by atoms with Gasteiger partial charge in [-0.25, -0.2) is 0 Å². The zero-order chi connectivity index (χ0) is 13.2. The third-order valence-electron chi connectivity index (χ3n) is 2.64. The van der Waals surface area contributed by atoms with Crippen molar-refractivity contribution < 1.29 is 32.2 Å². The second kappa shape index (κ2) is 7.47. The quantitative estimate of drug-likeness (QED) is 0.589. The average Bonchev–Trinajstić information content (AvgIpc) is 2.38. The molecule has 1 aliphatic heterocycles. The van der Waals surface area contributed by atoms with Crippen molar-refractivity contribution in [1.29, 1.82) is 0 Å². The molecular weight excluding hydrogens is 265 g/mol. The first-order valence-electron chi connectivity index (χ1n) is 5.12. The van der Waals surface area contributed by atoms with Crippen molar-refractivity contribution in [1.82, 2.24) is 0 Å². The minimum atomic E-state index is -4.39. The van der Waals surface area contributed by atoms with Crippen molar-refractivity contribution in [2.24, 2.45) is 17.8 Å². The van der Waals surface area contributed by atoms with Crippen LogP contribution in [0.3, 0.4) is 0 Å². The average molecular weight is 286 g/mol. The maximum absolute atomic E-state index is 11.8. The molecule has 0 radical (unpaired) electrons. The second-order valence-electron chi connectivity index (χ2n) is 4.16. The molecule has 1 aliphatic rings. The van der Waals surface area contributed by atoms with Crippen molar-refractivity contribution in [2.75, 3.05) is 13.2 Å². The third kappa shape index (κ3) is 5.59. The number of esters is 2. The van der Waals surface area contributed by atoms with Crippen LogP contribution in [0.25, 0.3) is 0 Å². The Balaban J connectivity index is 0. The van der Waals surface area contributed by atoms with Crippen LogP contribution in [0, 0.1) is 17.8 Å². The van der Waals surface area contributed by atoms with E-state index in [9.17, 15) is 22.8 Å². The van der Waals surface area contributed by atoms with Crippen molar-refractivity contribution in [3.05, 3.63) is 0 Å². The summed E-state index contributed by atoms with van der Waals surface area (Å²) in [6, 6.07) is 0. The summed E-state index contributed by atoms with van der Waals surface area (Å²) in [5.74, 6) is -3.18. The van der Waals surface area contributed by atoms with Gasteiger partial charge in [0.05, 0.1) is 18.4 Å². The highest BCUT2D eigenvalue weighted by Crippen LogP contribution is 2.30. The Morgan fingerprint density at radius 1 is 1.26 bits per heavy atom. The highest BCUT2D eigenvalue weighted by atomic mass is 19.4. The van der Waals surface area contributed by atoms with E-state index in [2.05, 4.69) is 9.47 Å². The number of hydrogen-bond acceptors (Lipinski definition) is 4. The lowest BCUT2D eigenvalue weighted by atomic mass is 9.86. The summed E-state index contributed by atoms with van der Waals surface area (Å²) < 4.78 is 44.3. The monoisotopic (exact) mass is 286 g/mol. The zero-order valence-electron chi connectivity index (χ0n) is 9.41. The van der Waals surface area contributed by atoms with Crippen LogP contribution in [-0.2, 0) is 19.1 Å². The van der Waals surface area contributed by atoms with E-state index in [0.29, 0.717) is 0 Å². The molecule has 0 bridgehead atoms. The molecule has 3 atom stereocenters. The third-order valence-corrected chi connectivity index (χ3v) is 2.64. The molecule has 1 saturated heterocycles. The molecule has 3 unspecified atom stereocenters. The molecule has 0 N–H and O–H groups in total. The summed E-state index contributed by atoms with van der Waals surface area (Å²) in [4.78, 5) is 22.3. The number of rotatable bonds is 4. The summed E-state index contributed by atoms with van der Waals surface area (Å²) in [5.41, 5.74) is 0. The predicted molar refractivity (Wildman–Crippen MR) is 63.3 cm³/mol. The Morgan fingerprint density at radius 2 is 1.79 bits per heavy atom. The van der Waals surface area contributed by atoms with Gasteiger partial charge in [0.15, 0.2) is 0 Å². The number of carbonyl (C=O) groups is 2. The van der Waals surface area contributed by atoms with Crippen molar-refractivity contribution in [2.45, 2.75) is 34.9 Å². The van der Waals surface area contributed by atoms with E-state index in [1.54, 1.807) is 6.92 Å². The maximum atomic E-state index is 11.8. The number of cyclic esters (lactones) is 2. The first-order valence-corrected chi connectivity index (χ1v) is 5.12. The standard InChI is InChI=1S/C10H13F3O4.2CH4/c1-5(3-16-4-10(11,12)13)7-6(2)8(14)17-9(7)15;;/h5-7H,3-4H2,1-2H3;2*1H4. The zero-order valence-corrected chi connectivity index (χ0v) is 9.41. The van der Waals surface area contributed by atoms with Crippen LogP contribution in [0.1, 0.15) is 28.7 Å². The first kappa shape index (κ1) is 20.2. The smallest absolute Gasteiger partial charge is 0.393 e. The predicted octanol–water partition coefficient (Wildman–Crippen LogP) is 2.81. The van der Waals surface area contributed by atoms with Gasteiger partial charge in [-0.2, -0.15) is 13.2 Å². The molecule has 0 saturated carbocycles. The molecule has 19 heavy (non-hydrogen) atoms. The Hall–Kier alpha value is -1.11. The molecule has 0 amide bonds. The Bertz CT molecular complexity index is 315. The van der Waals surface area contributed by atoms with E-state index in [0.717, 1.165) is 0 Å². The second-order valence-corrected chi connectivity index (χ2v) is 4.16. The maximum Gasteiger partial charge on any atom is 0.411 e. The largest absolute Gasteiger partial charge is 0.411 e. The van der Waals surface area contributed by atoms with Crippen LogP contribution in [0.4, 0.5) is 13.2 Å². The first-order chi connectivity index (χ1) is 7.72. The fraction of sp³-hybridized carbons (Fsp3) is 0.833. The fourth-order valence-electron chi connectivity index (χ4n) is 1.80. The van der Waals surface area contributed by atoms with Gasteiger partial charge in [0.25, 0.3) is 0 Å². The topological polar surface area (TPSA) is 52.6 Å². The number of carbonyl (C=O) groups excluding carboxylic acids is 2. The van der Waals surface area contributed by atoms with Crippen LogP contribution in [-0.4, -0.2) is 31.3 Å². The number of ether oxygens (including phenoxy) is 2. The van der Waals surface area contributed by atoms with Gasteiger partial charge in [-0.1, -0.05) is 28.7 Å². The molecule has 0 aromatic heterocycles.